The number of hydrogen-bond donors (Lipinski definition) is 2. The second kappa shape index (κ2) is 6.13. The Morgan fingerprint density at radius 2 is 2.47 bits per heavy atom. The molecular formula is C12H12N4O2S. The minimum atomic E-state index is -0.209. The Morgan fingerprint density at radius 3 is 3.16 bits per heavy atom. The van der Waals surface area contributed by atoms with Crippen molar-refractivity contribution in [1.29, 1.82) is 0 Å². The Kier molecular flexibility index (Phi) is 4.28. The Morgan fingerprint density at radius 1 is 1.63 bits per heavy atom. The van der Waals surface area contributed by atoms with E-state index in [1.54, 1.807) is 13.0 Å². The number of nitrogens with zero attached hydrogens (tertiary/aromatic N) is 2. The minimum Gasteiger partial charge on any atom is -0.344 e. The summed E-state index contributed by atoms with van der Waals surface area (Å²) in [6.45, 7) is 2.18. The van der Waals surface area contributed by atoms with Gasteiger partial charge in [0.05, 0.1) is 13.1 Å². The number of hydrogen-bond acceptors (Lipinski definition) is 6. The van der Waals surface area contributed by atoms with Gasteiger partial charge in [0.2, 0.25) is 5.89 Å². The van der Waals surface area contributed by atoms with Gasteiger partial charge in [0.1, 0.15) is 4.88 Å². The second-order valence-electron chi connectivity index (χ2n) is 3.58. The fraction of sp³-hybridized carbons (Fsp3) is 0.250. The number of nitrogens with two attached hydrogens (primary N) is 1. The lowest BCUT2D eigenvalue weighted by molar-refractivity contribution is 0.0953. The van der Waals surface area contributed by atoms with Crippen molar-refractivity contribution >= 4 is 17.2 Å². The van der Waals surface area contributed by atoms with Crippen molar-refractivity contribution in [2.75, 3.05) is 6.54 Å². The highest BCUT2D eigenvalue weighted by Crippen LogP contribution is 2.15. The molecule has 2 heterocycles. The monoisotopic (exact) mass is 276 g/mol. The highest BCUT2D eigenvalue weighted by Gasteiger charge is 2.12. The smallest absolute Gasteiger partial charge is 0.263 e. The van der Waals surface area contributed by atoms with E-state index in [-0.39, 0.29) is 19.0 Å². The van der Waals surface area contributed by atoms with Gasteiger partial charge in [-0.2, -0.15) is 4.98 Å². The number of carbonyl (C=O) groups excluding carboxylic acids is 1. The molecule has 2 aromatic heterocycles. The summed E-state index contributed by atoms with van der Waals surface area (Å²) in [6, 6.07) is 1.79. The van der Waals surface area contributed by atoms with Gasteiger partial charge < -0.3 is 15.6 Å². The summed E-state index contributed by atoms with van der Waals surface area (Å²) < 4.78 is 4.82. The zero-order chi connectivity index (χ0) is 13.7. The first-order valence-electron chi connectivity index (χ1n) is 5.54. The molecule has 0 saturated carbocycles. The van der Waals surface area contributed by atoms with E-state index in [0.29, 0.717) is 22.2 Å². The number of aromatic nitrogens is 2. The van der Waals surface area contributed by atoms with Gasteiger partial charge in [-0.15, -0.1) is 11.3 Å². The highest BCUT2D eigenvalue weighted by atomic mass is 32.1. The third-order valence-corrected chi connectivity index (χ3v) is 3.09. The van der Waals surface area contributed by atoms with Crippen LogP contribution in [-0.4, -0.2) is 22.6 Å². The summed E-state index contributed by atoms with van der Waals surface area (Å²) >= 11 is 1.33. The molecule has 0 aliphatic rings. The zero-order valence-corrected chi connectivity index (χ0v) is 11.1. The summed E-state index contributed by atoms with van der Waals surface area (Å²) in [7, 11) is 0. The first kappa shape index (κ1) is 13.3. The molecule has 0 aromatic carbocycles. The Bertz CT molecular complexity index is 635. The van der Waals surface area contributed by atoms with E-state index < -0.39 is 0 Å². The van der Waals surface area contributed by atoms with Crippen molar-refractivity contribution < 1.29 is 9.32 Å². The van der Waals surface area contributed by atoms with Gasteiger partial charge in [0, 0.05) is 12.5 Å². The third-order valence-electron chi connectivity index (χ3n) is 2.17. The van der Waals surface area contributed by atoms with E-state index in [1.807, 2.05) is 5.38 Å². The molecule has 0 fully saturated rings. The summed E-state index contributed by atoms with van der Waals surface area (Å²) in [5, 5.41) is 8.23. The maximum absolute atomic E-state index is 12.0. The van der Waals surface area contributed by atoms with Gasteiger partial charge in [0.15, 0.2) is 5.82 Å². The molecule has 0 spiro atoms. The van der Waals surface area contributed by atoms with E-state index in [1.165, 1.54) is 11.3 Å². The van der Waals surface area contributed by atoms with Crippen LogP contribution in [-0.2, 0) is 6.54 Å². The van der Waals surface area contributed by atoms with Crippen LogP contribution in [0, 0.1) is 18.8 Å². The molecule has 0 aliphatic carbocycles. The largest absolute Gasteiger partial charge is 0.344 e. The van der Waals surface area contributed by atoms with Crippen LogP contribution in [0.4, 0.5) is 0 Å². The number of thiophene rings is 1. The van der Waals surface area contributed by atoms with Crippen LogP contribution in [0.1, 0.15) is 27.0 Å². The van der Waals surface area contributed by atoms with Crippen molar-refractivity contribution in [2.45, 2.75) is 13.5 Å². The quantitative estimate of drug-likeness (QED) is 0.804. The predicted octanol–water partition coefficient (Wildman–Crippen LogP) is 0.680. The van der Waals surface area contributed by atoms with E-state index in [2.05, 4.69) is 27.3 Å². The van der Waals surface area contributed by atoms with E-state index in [0.717, 1.165) is 0 Å². The minimum absolute atomic E-state index is 0.209. The van der Waals surface area contributed by atoms with Gasteiger partial charge in [-0.25, -0.2) is 0 Å². The summed E-state index contributed by atoms with van der Waals surface area (Å²) in [5.74, 6) is 6.29. The Hall–Kier alpha value is -2.17. The SMILES string of the molecule is Cc1nc(CNC(=O)c2sccc2C#CCN)no1. The van der Waals surface area contributed by atoms with Crippen molar-refractivity contribution in [3.8, 4) is 11.8 Å². The number of rotatable bonds is 3. The molecule has 0 saturated heterocycles. The normalized spacial score (nSPS) is 9.79. The average molecular weight is 276 g/mol. The van der Waals surface area contributed by atoms with Crippen LogP contribution in [0.25, 0.3) is 0 Å². The first-order valence-corrected chi connectivity index (χ1v) is 6.42. The first-order chi connectivity index (χ1) is 9.20. The van der Waals surface area contributed by atoms with E-state index >= 15 is 0 Å². The molecule has 0 bridgehead atoms. The van der Waals surface area contributed by atoms with Crippen molar-refractivity contribution in [2.24, 2.45) is 5.73 Å². The molecule has 0 radical (unpaired) electrons. The molecule has 98 valence electrons. The Balaban J connectivity index is 2.02. The topological polar surface area (TPSA) is 94.0 Å². The van der Waals surface area contributed by atoms with E-state index in [4.69, 9.17) is 10.3 Å². The van der Waals surface area contributed by atoms with Gasteiger partial charge >= 0.3 is 0 Å². The molecule has 3 N–H and O–H groups in total. The van der Waals surface area contributed by atoms with Crippen LogP contribution in [0.15, 0.2) is 16.0 Å². The standard InChI is InChI=1S/C12H12N4O2S/c1-8-15-10(16-18-8)7-14-12(17)11-9(3-2-5-13)4-6-19-11/h4,6H,5,7,13H2,1H3,(H,14,17). The summed E-state index contributed by atoms with van der Waals surface area (Å²) in [6.07, 6.45) is 0. The predicted molar refractivity (Wildman–Crippen MR) is 70.5 cm³/mol. The maximum atomic E-state index is 12.0. The number of nitrogens with one attached hydrogen (secondary N) is 1. The van der Waals surface area contributed by atoms with Gasteiger partial charge in [0.25, 0.3) is 5.91 Å². The number of aryl methyl sites for hydroxylation is 1. The van der Waals surface area contributed by atoms with Crippen molar-refractivity contribution in [3.63, 3.8) is 0 Å². The van der Waals surface area contributed by atoms with Crippen LogP contribution in [0.5, 0.6) is 0 Å². The molecule has 1 amide bonds. The lowest BCUT2D eigenvalue weighted by Crippen LogP contribution is -2.23. The molecular weight excluding hydrogens is 264 g/mol. The molecule has 19 heavy (non-hydrogen) atoms. The van der Waals surface area contributed by atoms with Crippen LogP contribution >= 0.6 is 11.3 Å². The summed E-state index contributed by atoms with van der Waals surface area (Å²) in [5.41, 5.74) is 5.99. The van der Waals surface area contributed by atoms with Crippen molar-refractivity contribution in [1.82, 2.24) is 15.5 Å². The molecule has 6 nitrogen and oxygen atoms in total. The fourth-order valence-corrected chi connectivity index (χ4v) is 2.15. The van der Waals surface area contributed by atoms with Crippen LogP contribution < -0.4 is 11.1 Å². The fourth-order valence-electron chi connectivity index (χ4n) is 1.38. The molecule has 7 heteroatoms. The number of carbonyl (C=O) groups is 1. The lowest BCUT2D eigenvalue weighted by atomic mass is 10.2. The van der Waals surface area contributed by atoms with E-state index in [9.17, 15) is 4.79 Å². The third kappa shape index (κ3) is 3.40. The highest BCUT2D eigenvalue weighted by molar-refractivity contribution is 7.12. The maximum Gasteiger partial charge on any atom is 0.263 e. The molecule has 2 rings (SSSR count). The van der Waals surface area contributed by atoms with Crippen LogP contribution in [0.2, 0.25) is 0 Å². The molecule has 0 atom stereocenters. The zero-order valence-electron chi connectivity index (χ0n) is 10.3. The molecule has 0 aliphatic heterocycles. The molecule has 2 aromatic rings. The van der Waals surface area contributed by atoms with Gasteiger partial charge in [-0.05, 0) is 11.4 Å². The van der Waals surface area contributed by atoms with Crippen LogP contribution in [0.3, 0.4) is 0 Å². The summed E-state index contributed by atoms with van der Waals surface area (Å²) in [4.78, 5) is 16.5. The lowest BCUT2D eigenvalue weighted by Gasteiger charge is -2.00. The Labute approximate surface area is 114 Å². The van der Waals surface area contributed by atoms with Crippen molar-refractivity contribution in [3.05, 3.63) is 33.6 Å². The second-order valence-corrected chi connectivity index (χ2v) is 4.50. The average Bonchev–Trinajstić information content (AvgIpc) is 3.02. The van der Waals surface area contributed by atoms with Gasteiger partial charge in [-0.3, -0.25) is 4.79 Å². The molecule has 0 unspecified atom stereocenters. The van der Waals surface area contributed by atoms with Gasteiger partial charge in [-0.1, -0.05) is 17.0 Å². The number of amides is 1.